The quantitative estimate of drug-likeness (QED) is 0.344. The highest BCUT2D eigenvalue weighted by Gasteiger charge is 2.02. The minimum atomic E-state index is -4.67. The number of nitrogens with zero attached hydrogens (tertiary/aromatic N) is 1. The summed E-state index contributed by atoms with van der Waals surface area (Å²) in [7, 11) is -4.67. The first kappa shape index (κ1) is 14.2. The zero-order valence-corrected chi connectivity index (χ0v) is 10.0. The molecule has 1 aromatic rings. The number of hydrogen-bond acceptors (Lipinski definition) is 4. The van der Waals surface area contributed by atoms with E-state index in [0.29, 0.717) is 0 Å². The molecule has 0 spiro atoms. The van der Waals surface area contributed by atoms with Gasteiger partial charge in [-0.1, -0.05) is 6.07 Å². The highest BCUT2D eigenvalue weighted by molar-refractivity contribution is 14.1. The lowest BCUT2D eigenvalue weighted by Gasteiger charge is -1.89. The summed E-state index contributed by atoms with van der Waals surface area (Å²) in [4.78, 5) is 9.75. The van der Waals surface area contributed by atoms with E-state index in [4.69, 9.17) is 17.5 Å². The van der Waals surface area contributed by atoms with Crippen LogP contribution in [0.5, 0.6) is 0 Å². The molecule has 7 nitrogen and oxygen atoms in total. The van der Waals surface area contributed by atoms with Crippen molar-refractivity contribution in [3.05, 3.63) is 37.9 Å². The molecule has 84 valence electrons. The fraction of sp³-hybridized carbons (Fsp3) is 0. The highest BCUT2D eigenvalue weighted by atomic mass is 127. The summed E-state index contributed by atoms with van der Waals surface area (Å²) in [6, 6.07) is 6.48. The Bertz CT molecular complexity index is 437. The number of nitro benzene ring substituents is 1. The molecule has 0 bridgehead atoms. The molecular formula is C6H6INO6S. The summed E-state index contributed by atoms with van der Waals surface area (Å²) < 4.78 is 32.5. The molecule has 0 aromatic heterocycles. The minimum absolute atomic E-state index is 0.145. The zero-order valence-electron chi connectivity index (χ0n) is 7.07. The van der Waals surface area contributed by atoms with Crippen LogP contribution in [-0.2, 0) is 10.4 Å². The van der Waals surface area contributed by atoms with Gasteiger partial charge in [0.25, 0.3) is 5.69 Å². The van der Waals surface area contributed by atoms with Gasteiger partial charge < -0.3 is 0 Å². The van der Waals surface area contributed by atoms with Crippen LogP contribution >= 0.6 is 22.6 Å². The van der Waals surface area contributed by atoms with Gasteiger partial charge in [-0.15, -0.1) is 0 Å². The SMILES string of the molecule is O=S(=O)(O)O.O=[N+]([O-])c1cccc(I)c1. The Morgan fingerprint density at radius 2 is 1.80 bits per heavy atom. The number of rotatable bonds is 1. The first-order chi connectivity index (χ1) is 6.70. The Hall–Kier alpha value is -0.780. The van der Waals surface area contributed by atoms with E-state index in [1.54, 1.807) is 6.07 Å². The molecule has 0 aliphatic heterocycles. The second kappa shape index (κ2) is 5.95. The van der Waals surface area contributed by atoms with Gasteiger partial charge in [-0.05, 0) is 28.7 Å². The summed E-state index contributed by atoms with van der Waals surface area (Å²) >= 11 is 2.03. The van der Waals surface area contributed by atoms with E-state index in [-0.39, 0.29) is 5.69 Å². The number of halogens is 1. The molecule has 1 aromatic carbocycles. The number of benzene rings is 1. The maximum Gasteiger partial charge on any atom is 0.394 e. The number of nitro groups is 1. The lowest BCUT2D eigenvalue weighted by molar-refractivity contribution is -0.384. The molecular weight excluding hydrogens is 341 g/mol. The third-order valence-electron chi connectivity index (χ3n) is 1.02. The van der Waals surface area contributed by atoms with Crippen LogP contribution in [0.4, 0.5) is 5.69 Å². The molecule has 0 amide bonds. The maximum atomic E-state index is 10.2. The molecule has 0 unspecified atom stereocenters. The van der Waals surface area contributed by atoms with Crippen molar-refractivity contribution in [2.24, 2.45) is 0 Å². The molecule has 2 N–H and O–H groups in total. The van der Waals surface area contributed by atoms with Crippen LogP contribution in [0.15, 0.2) is 24.3 Å². The largest absolute Gasteiger partial charge is 0.394 e. The van der Waals surface area contributed by atoms with Crippen LogP contribution in [0.2, 0.25) is 0 Å². The Labute approximate surface area is 99.0 Å². The Kier molecular flexibility index (Phi) is 5.64. The smallest absolute Gasteiger partial charge is 0.264 e. The first-order valence-electron chi connectivity index (χ1n) is 3.30. The van der Waals surface area contributed by atoms with Gasteiger partial charge in [-0.25, -0.2) is 0 Å². The highest BCUT2D eigenvalue weighted by Crippen LogP contribution is 2.13. The standard InChI is InChI=1S/C6H4INO2.H2O4S/c7-5-2-1-3-6(4-5)8(9)10;1-5(2,3)4/h1-4H;(H2,1,2,3,4). The summed E-state index contributed by atoms with van der Waals surface area (Å²) in [5.74, 6) is 0. The predicted molar refractivity (Wildman–Crippen MR) is 60.0 cm³/mol. The minimum Gasteiger partial charge on any atom is -0.264 e. The van der Waals surface area contributed by atoms with Crippen molar-refractivity contribution in [2.45, 2.75) is 0 Å². The second-order valence-corrected chi connectivity index (χ2v) is 4.33. The third kappa shape index (κ3) is 9.52. The van der Waals surface area contributed by atoms with E-state index < -0.39 is 15.3 Å². The average molecular weight is 347 g/mol. The van der Waals surface area contributed by atoms with Gasteiger partial charge in [0, 0.05) is 15.7 Å². The van der Waals surface area contributed by atoms with Crippen molar-refractivity contribution in [1.82, 2.24) is 0 Å². The van der Waals surface area contributed by atoms with E-state index in [9.17, 15) is 10.1 Å². The summed E-state index contributed by atoms with van der Waals surface area (Å²) in [6.07, 6.45) is 0. The summed E-state index contributed by atoms with van der Waals surface area (Å²) in [6.45, 7) is 0. The number of non-ortho nitro benzene ring substituents is 1. The van der Waals surface area contributed by atoms with Crippen molar-refractivity contribution in [3.8, 4) is 0 Å². The molecule has 9 heteroatoms. The van der Waals surface area contributed by atoms with E-state index in [0.717, 1.165) is 3.57 Å². The monoisotopic (exact) mass is 347 g/mol. The molecule has 0 aliphatic carbocycles. The molecule has 0 aliphatic rings. The van der Waals surface area contributed by atoms with Crippen LogP contribution in [0.3, 0.4) is 0 Å². The first-order valence-corrected chi connectivity index (χ1v) is 5.77. The lowest BCUT2D eigenvalue weighted by Crippen LogP contribution is -1.89. The molecule has 0 fully saturated rings. The fourth-order valence-corrected chi connectivity index (χ4v) is 1.12. The Morgan fingerprint density at radius 3 is 2.07 bits per heavy atom. The van der Waals surface area contributed by atoms with Gasteiger partial charge in [-0.2, -0.15) is 8.42 Å². The number of hydrogen-bond donors (Lipinski definition) is 2. The van der Waals surface area contributed by atoms with Gasteiger partial charge in [-0.3, -0.25) is 19.2 Å². The van der Waals surface area contributed by atoms with Crippen molar-refractivity contribution >= 4 is 38.7 Å². The van der Waals surface area contributed by atoms with Crippen LogP contribution in [0, 0.1) is 13.7 Å². The summed E-state index contributed by atoms with van der Waals surface area (Å²) in [5, 5.41) is 10.2. The second-order valence-electron chi connectivity index (χ2n) is 2.18. The normalized spacial score (nSPS) is 10.1. The van der Waals surface area contributed by atoms with Gasteiger partial charge in [0.05, 0.1) is 4.92 Å². The predicted octanol–water partition coefficient (Wildman–Crippen LogP) is 1.55. The third-order valence-corrected chi connectivity index (χ3v) is 1.69. The van der Waals surface area contributed by atoms with Crippen LogP contribution in [0.25, 0.3) is 0 Å². The average Bonchev–Trinajstić information content (AvgIpc) is 2.00. The van der Waals surface area contributed by atoms with Crippen molar-refractivity contribution in [2.75, 3.05) is 0 Å². The Morgan fingerprint density at radius 1 is 1.33 bits per heavy atom. The molecule has 0 atom stereocenters. The van der Waals surface area contributed by atoms with E-state index in [1.165, 1.54) is 12.1 Å². The lowest BCUT2D eigenvalue weighted by atomic mass is 10.3. The maximum absolute atomic E-state index is 10.2. The molecule has 0 heterocycles. The molecule has 1 rings (SSSR count). The molecule has 15 heavy (non-hydrogen) atoms. The van der Waals surface area contributed by atoms with Crippen LogP contribution in [-0.4, -0.2) is 22.4 Å². The molecule has 0 saturated carbocycles. The van der Waals surface area contributed by atoms with Gasteiger partial charge >= 0.3 is 10.4 Å². The van der Waals surface area contributed by atoms with Crippen LogP contribution < -0.4 is 0 Å². The Balaban J connectivity index is 0.000000336. The van der Waals surface area contributed by atoms with E-state index in [1.807, 2.05) is 28.7 Å². The van der Waals surface area contributed by atoms with Crippen LogP contribution in [0.1, 0.15) is 0 Å². The zero-order chi connectivity index (χ0) is 12.1. The van der Waals surface area contributed by atoms with Gasteiger partial charge in [0.1, 0.15) is 0 Å². The van der Waals surface area contributed by atoms with Gasteiger partial charge in [0.2, 0.25) is 0 Å². The van der Waals surface area contributed by atoms with Crippen molar-refractivity contribution < 1.29 is 22.4 Å². The fourth-order valence-electron chi connectivity index (χ4n) is 0.590. The van der Waals surface area contributed by atoms with Gasteiger partial charge in [0.15, 0.2) is 0 Å². The molecule has 0 radical (unpaired) electrons. The summed E-state index contributed by atoms with van der Waals surface area (Å²) in [5.41, 5.74) is 0.145. The topological polar surface area (TPSA) is 118 Å². The van der Waals surface area contributed by atoms with Crippen molar-refractivity contribution in [3.63, 3.8) is 0 Å². The molecule has 0 saturated heterocycles. The van der Waals surface area contributed by atoms with E-state index >= 15 is 0 Å². The van der Waals surface area contributed by atoms with Crippen molar-refractivity contribution in [1.29, 1.82) is 0 Å². The van der Waals surface area contributed by atoms with E-state index in [2.05, 4.69) is 0 Å².